The smallest absolute Gasteiger partial charge is 0.419 e. The van der Waals surface area contributed by atoms with Crippen LogP contribution in [0.1, 0.15) is 11.1 Å². The largest absolute Gasteiger partial charge is 0.481 e. The Morgan fingerprint density at radius 3 is 2.62 bits per heavy atom. The van der Waals surface area contributed by atoms with E-state index in [4.69, 9.17) is 9.47 Å². The number of nitrogens with zero attached hydrogens (tertiary/aromatic N) is 5. The maximum atomic E-state index is 12.8. The maximum absolute atomic E-state index is 12.8. The molecule has 0 atom stereocenters. The molecule has 2 heterocycles. The molecular weight excluding hydrogens is 351 g/mol. The van der Waals surface area contributed by atoms with Crippen molar-refractivity contribution in [3.8, 4) is 29.3 Å². The van der Waals surface area contributed by atoms with Crippen LogP contribution in [0.4, 0.5) is 13.2 Å². The van der Waals surface area contributed by atoms with Crippen molar-refractivity contribution in [2.75, 3.05) is 7.11 Å². The molecule has 3 rings (SSSR count). The van der Waals surface area contributed by atoms with Crippen molar-refractivity contribution in [2.45, 2.75) is 6.18 Å². The van der Waals surface area contributed by atoms with Gasteiger partial charge in [-0.15, -0.1) is 0 Å². The molecule has 0 aliphatic heterocycles. The Bertz CT molecular complexity index is 979. The Hall–Kier alpha value is -3.61. The Morgan fingerprint density at radius 2 is 1.96 bits per heavy atom. The molecule has 0 aliphatic carbocycles. The van der Waals surface area contributed by atoms with E-state index in [-0.39, 0.29) is 28.8 Å². The number of rotatable bonds is 4. The van der Waals surface area contributed by atoms with Crippen LogP contribution in [0.5, 0.6) is 17.5 Å². The van der Waals surface area contributed by atoms with Crippen LogP contribution in [-0.4, -0.2) is 26.9 Å². The van der Waals surface area contributed by atoms with Gasteiger partial charge in [0.25, 0.3) is 0 Å². The molecule has 0 fully saturated rings. The van der Waals surface area contributed by atoms with Crippen LogP contribution in [-0.2, 0) is 6.18 Å². The molecule has 0 unspecified atom stereocenters. The second-order valence-electron chi connectivity index (χ2n) is 4.94. The van der Waals surface area contributed by atoms with E-state index in [1.54, 1.807) is 0 Å². The first-order valence-corrected chi connectivity index (χ1v) is 7.11. The molecule has 26 heavy (non-hydrogen) atoms. The van der Waals surface area contributed by atoms with Crippen LogP contribution in [0.3, 0.4) is 0 Å². The normalized spacial score (nSPS) is 11.0. The summed E-state index contributed by atoms with van der Waals surface area (Å²) in [6.45, 7) is 0. The standard InChI is InChI=1S/C16H10F3N5O2/c1-25-13-5-14(22-9-21-13)26-12-4-2-3-10(6-20)15(12)24-8-11(7-23-24)16(17,18)19/h2-5,7-9H,1H3. The van der Waals surface area contributed by atoms with Crippen LogP contribution in [0, 0.1) is 11.3 Å². The van der Waals surface area contributed by atoms with E-state index in [9.17, 15) is 18.4 Å². The number of methoxy groups -OCH3 is 1. The summed E-state index contributed by atoms with van der Waals surface area (Å²) in [6, 6.07) is 7.77. The first-order chi connectivity index (χ1) is 12.4. The molecule has 0 bridgehead atoms. The number of para-hydroxylation sites is 1. The van der Waals surface area contributed by atoms with Gasteiger partial charge >= 0.3 is 6.18 Å². The van der Waals surface area contributed by atoms with Crippen LogP contribution < -0.4 is 9.47 Å². The van der Waals surface area contributed by atoms with Crippen molar-refractivity contribution in [1.29, 1.82) is 5.26 Å². The van der Waals surface area contributed by atoms with Gasteiger partial charge in [0.2, 0.25) is 11.8 Å². The zero-order chi connectivity index (χ0) is 18.7. The molecule has 132 valence electrons. The number of alkyl halides is 3. The Morgan fingerprint density at radius 1 is 1.19 bits per heavy atom. The summed E-state index contributed by atoms with van der Waals surface area (Å²) in [5, 5.41) is 13.0. The van der Waals surface area contributed by atoms with Crippen molar-refractivity contribution in [3.63, 3.8) is 0 Å². The third-order valence-electron chi connectivity index (χ3n) is 3.30. The fraction of sp³-hybridized carbons (Fsp3) is 0.125. The molecule has 1 aromatic carbocycles. The van der Waals surface area contributed by atoms with Gasteiger partial charge in [-0.1, -0.05) is 6.07 Å². The van der Waals surface area contributed by atoms with Crippen molar-refractivity contribution < 1.29 is 22.6 Å². The van der Waals surface area contributed by atoms with Gasteiger partial charge in [0.05, 0.1) is 30.5 Å². The van der Waals surface area contributed by atoms with Gasteiger partial charge in [-0.3, -0.25) is 0 Å². The van der Waals surface area contributed by atoms with Crippen LogP contribution >= 0.6 is 0 Å². The predicted molar refractivity (Wildman–Crippen MR) is 81.9 cm³/mol. The minimum absolute atomic E-state index is 0.0584. The number of aromatic nitrogens is 4. The van der Waals surface area contributed by atoms with E-state index in [0.717, 1.165) is 10.9 Å². The van der Waals surface area contributed by atoms with E-state index in [1.807, 2.05) is 6.07 Å². The summed E-state index contributed by atoms with van der Waals surface area (Å²) >= 11 is 0. The van der Waals surface area contributed by atoms with Crippen molar-refractivity contribution >= 4 is 0 Å². The molecule has 0 amide bonds. The summed E-state index contributed by atoms with van der Waals surface area (Å²) in [5.74, 6) is 0.435. The molecule has 10 heteroatoms. The summed E-state index contributed by atoms with van der Waals surface area (Å²) < 4.78 is 50.1. The van der Waals surface area contributed by atoms with Crippen molar-refractivity contribution in [3.05, 3.63) is 54.1 Å². The molecule has 2 aromatic heterocycles. The van der Waals surface area contributed by atoms with E-state index in [0.29, 0.717) is 6.20 Å². The topological polar surface area (TPSA) is 85.9 Å². The van der Waals surface area contributed by atoms with Crippen molar-refractivity contribution in [2.24, 2.45) is 0 Å². The van der Waals surface area contributed by atoms with Crippen LogP contribution in [0.2, 0.25) is 0 Å². The Labute approximate surface area is 145 Å². The molecule has 0 spiro atoms. The highest BCUT2D eigenvalue weighted by Gasteiger charge is 2.32. The fourth-order valence-electron chi connectivity index (χ4n) is 2.13. The van der Waals surface area contributed by atoms with E-state index < -0.39 is 11.7 Å². The Kier molecular flexibility index (Phi) is 4.45. The molecular formula is C16H10F3N5O2. The quantitative estimate of drug-likeness (QED) is 0.708. The minimum Gasteiger partial charge on any atom is -0.481 e. The molecule has 0 aliphatic rings. The van der Waals surface area contributed by atoms with Gasteiger partial charge in [0, 0.05) is 6.20 Å². The lowest BCUT2D eigenvalue weighted by molar-refractivity contribution is -0.137. The summed E-state index contributed by atoms with van der Waals surface area (Å²) in [4.78, 5) is 7.75. The van der Waals surface area contributed by atoms with Crippen LogP contribution in [0.25, 0.3) is 5.69 Å². The lowest BCUT2D eigenvalue weighted by Crippen LogP contribution is -2.04. The molecule has 0 saturated heterocycles. The van der Waals surface area contributed by atoms with Gasteiger partial charge < -0.3 is 9.47 Å². The van der Waals surface area contributed by atoms with Crippen molar-refractivity contribution in [1.82, 2.24) is 19.7 Å². The third kappa shape index (κ3) is 3.41. The predicted octanol–water partition coefficient (Wildman–Crippen LogP) is 3.35. The van der Waals surface area contributed by atoms with Gasteiger partial charge in [-0.05, 0) is 12.1 Å². The fourth-order valence-corrected chi connectivity index (χ4v) is 2.13. The van der Waals surface area contributed by atoms with E-state index in [2.05, 4.69) is 15.1 Å². The zero-order valence-electron chi connectivity index (χ0n) is 13.2. The van der Waals surface area contributed by atoms with E-state index in [1.165, 1.54) is 37.7 Å². The molecule has 0 N–H and O–H groups in total. The maximum Gasteiger partial charge on any atom is 0.419 e. The number of hydrogen-bond donors (Lipinski definition) is 0. The Balaban J connectivity index is 2.07. The summed E-state index contributed by atoms with van der Waals surface area (Å²) in [7, 11) is 1.41. The number of benzene rings is 1. The van der Waals surface area contributed by atoms with Gasteiger partial charge in [-0.25, -0.2) is 14.6 Å². The highest BCUT2D eigenvalue weighted by molar-refractivity contribution is 5.58. The van der Waals surface area contributed by atoms with Crippen LogP contribution in [0.15, 0.2) is 43.0 Å². The zero-order valence-corrected chi connectivity index (χ0v) is 13.2. The second kappa shape index (κ2) is 6.72. The average Bonchev–Trinajstić information content (AvgIpc) is 3.11. The third-order valence-corrected chi connectivity index (χ3v) is 3.30. The molecule has 0 saturated carbocycles. The highest BCUT2D eigenvalue weighted by Crippen LogP contribution is 2.33. The van der Waals surface area contributed by atoms with E-state index >= 15 is 0 Å². The highest BCUT2D eigenvalue weighted by atomic mass is 19.4. The first kappa shape index (κ1) is 17.2. The SMILES string of the molecule is COc1cc(Oc2cccc(C#N)c2-n2cc(C(F)(F)F)cn2)ncn1. The molecule has 3 aromatic rings. The average molecular weight is 361 g/mol. The number of nitriles is 1. The number of ether oxygens (including phenoxy) is 2. The number of hydrogen-bond acceptors (Lipinski definition) is 6. The molecule has 0 radical (unpaired) electrons. The summed E-state index contributed by atoms with van der Waals surface area (Å²) in [5.41, 5.74) is -0.802. The van der Waals surface area contributed by atoms with Gasteiger partial charge in [0.1, 0.15) is 18.1 Å². The lowest BCUT2D eigenvalue weighted by atomic mass is 10.2. The number of halogens is 3. The summed E-state index contributed by atoms with van der Waals surface area (Å²) in [6.07, 6.45) is -1.90. The first-order valence-electron chi connectivity index (χ1n) is 7.11. The lowest BCUT2D eigenvalue weighted by Gasteiger charge is -2.12. The van der Waals surface area contributed by atoms with Gasteiger partial charge in [-0.2, -0.15) is 23.5 Å². The molecule has 7 nitrogen and oxygen atoms in total. The minimum atomic E-state index is -4.55. The van der Waals surface area contributed by atoms with Gasteiger partial charge in [0.15, 0.2) is 5.75 Å². The monoisotopic (exact) mass is 361 g/mol. The second-order valence-corrected chi connectivity index (χ2v) is 4.94.